The van der Waals surface area contributed by atoms with Crippen LogP contribution in [0, 0.1) is 5.82 Å². The quantitative estimate of drug-likeness (QED) is 0.860. The average Bonchev–Trinajstić information content (AvgIpc) is 2.67. The lowest BCUT2D eigenvalue weighted by molar-refractivity contribution is -0.129. The summed E-state index contributed by atoms with van der Waals surface area (Å²) in [5.74, 6) is -0.697. The van der Waals surface area contributed by atoms with E-state index in [-0.39, 0.29) is 24.1 Å². The highest BCUT2D eigenvalue weighted by Crippen LogP contribution is 2.28. The smallest absolute Gasteiger partial charge is 0.234 e. The summed E-state index contributed by atoms with van der Waals surface area (Å²) in [4.78, 5) is 30.5. The van der Waals surface area contributed by atoms with Crippen molar-refractivity contribution >= 4 is 34.4 Å². The number of thioether (sulfide) groups is 1. The Morgan fingerprint density at radius 1 is 1.22 bits per heavy atom. The Bertz CT molecular complexity index is 840. The molecule has 0 radical (unpaired) electrons. The molecule has 2 aromatic rings. The van der Waals surface area contributed by atoms with Gasteiger partial charge < -0.3 is 5.32 Å². The molecule has 140 valence electrons. The summed E-state index contributed by atoms with van der Waals surface area (Å²) in [6, 6.07) is 15.6. The largest absolute Gasteiger partial charge is 0.355 e. The van der Waals surface area contributed by atoms with Crippen LogP contribution in [0.1, 0.15) is 12.0 Å². The van der Waals surface area contributed by atoms with Gasteiger partial charge >= 0.3 is 0 Å². The van der Waals surface area contributed by atoms with E-state index in [0.29, 0.717) is 17.4 Å². The van der Waals surface area contributed by atoms with Gasteiger partial charge in [-0.05, 0) is 36.2 Å². The first kappa shape index (κ1) is 19.1. The molecule has 1 heterocycles. The first-order valence-electron chi connectivity index (χ1n) is 8.62. The number of hydrogen-bond donors (Lipinski definition) is 1. The van der Waals surface area contributed by atoms with Crippen molar-refractivity contribution in [3.05, 3.63) is 66.0 Å². The number of rotatable bonds is 5. The first-order valence-corrected chi connectivity index (χ1v) is 9.50. The third-order valence-electron chi connectivity index (χ3n) is 4.17. The van der Waals surface area contributed by atoms with Crippen molar-refractivity contribution in [2.45, 2.75) is 18.1 Å². The van der Waals surface area contributed by atoms with Gasteiger partial charge in [0.25, 0.3) is 0 Å². The molecular weight excluding hydrogens is 365 g/mol. The molecule has 27 heavy (non-hydrogen) atoms. The molecule has 0 unspecified atom stereocenters. The van der Waals surface area contributed by atoms with Crippen LogP contribution in [0.4, 0.5) is 10.1 Å². The minimum Gasteiger partial charge on any atom is -0.355 e. The second-order valence-corrected chi connectivity index (χ2v) is 7.33. The maximum absolute atomic E-state index is 13.0. The fraction of sp³-hybridized carbons (Fsp3) is 0.250. The summed E-state index contributed by atoms with van der Waals surface area (Å²) in [7, 11) is 1.63. The molecule has 1 fully saturated rings. The van der Waals surface area contributed by atoms with Crippen LogP contribution < -0.4 is 5.32 Å². The minimum atomic E-state index is -0.524. The van der Waals surface area contributed by atoms with Crippen molar-refractivity contribution in [1.29, 1.82) is 0 Å². The van der Waals surface area contributed by atoms with E-state index in [9.17, 15) is 14.0 Å². The van der Waals surface area contributed by atoms with Crippen LogP contribution in [0.3, 0.4) is 0 Å². The Morgan fingerprint density at radius 3 is 2.63 bits per heavy atom. The summed E-state index contributed by atoms with van der Waals surface area (Å²) < 4.78 is 13.0. The molecule has 1 atom stereocenters. The number of amidine groups is 1. The zero-order valence-corrected chi connectivity index (χ0v) is 15.7. The van der Waals surface area contributed by atoms with Crippen LogP contribution in [0.25, 0.3) is 0 Å². The minimum absolute atomic E-state index is 0.126. The molecule has 3 rings (SSSR count). The number of benzene rings is 2. The Labute approximate surface area is 161 Å². The molecule has 0 spiro atoms. The summed E-state index contributed by atoms with van der Waals surface area (Å²) in [6.07, 6.45) is 0.856. The van der Waals surface area contributed by atoms with Crippen LogP contribution in [-0.4, -0.2) is 40.7 Å². The topological polar surface area (TPSA) is 61.8 Å². The van der Waals surface area contributed by atoms with Crippen molar-refractivity contribution in [1.82, 2.24) is 10.2 Å². The van der Waals surface area contributed by atoms with E-state index in [0.717, 1.165) is 12.0 Å². The first-order chi connectivity index (χ1) is 13.0. The molecule has 2 aromatic carbocycles. The van der Waals surface area contributed by atoms with E-state index in [4.69, 9.17) is 0 Å². The van der Waals surface area contributed by atoms with Gasteiger partial charge in [-0.1, -0.05) is 42.1 Å². The summed E-state index contributed by atoms with van der Waals surface area (Å²) in [5.41, 5.74) is 1.67. The predicted octanol–water partition coefficient (Wildman–Crippen LogP) is 3.14. The summed E-state index contributed by atoms with van der Waals surface area (Å²) in [5, 5.41) is 2.80. The Morgan fingerprint density at radius 2 is 1.93 bits per heavy atom. The van der Waals surface area contributed by atoms with Gasteiger partial charge in [0, 0.05) is 20.0 Å². The molecule has 0 aliphatic carbocycles. The average molecular weight is 385 g/mol. The fourth-order valence-electron chi connectivity index (χ4n) is 2.61. The molecule has 1 aliphatic heterocycles. The van der Waals surface area contributed by atoms with Gasteiger partial charge in [0.1, 0.15) is 5.82 Å². The highest BCUT2D eigenvalue weighted by Gasteiger charge is 2.33. The number of carbonyl (C=O) groups is 2. The third-order valence-corrected chi connectivity index (χ3v) is 5.41. The van der Waals surface area contributed by atoms with E-state index in [2.05, 4.69) is 10.3 Å². The highest BCUT2D eigenvalue weighted by atomic mass is 32.2. The number of hydrogen-bond acceptors (Lipinski definition) is 4. The Kier molecular flexibility index (Phi) is 6.24. The van der Waals surface area contributed by atoms with E-state index in [1.165, 1.54) is 40.9 Å². The van der Waals surface area contributed by atoms with E-state index in [1.807, 2.05) is 30.3 Å². The fourth-order valence-corrected chi connectivity index (χ4v) is 3.70. The molecule has 2 amide bonds. The lowest BCUT2D eigenvalue weighted by atomic mass is 10.1. The van der Waals surface area contributed by atoms with Crippen molar-refractivity contribution in [3.63, 3.8) is 0 Å². The summed E-state index contributed by atoms with van der Waals surface area (Å²) in [6.45, 7) is 0.508. The molecule has 7 heteroatoms. The predicted molar refractivity (Wildman–Crippen MR) is 105 cm³/mol. The number of halogens is 1. The monoisotopic (exact) mass is 385 g/mol. The zero-order chi connectivity index (χ0) is 19.2. The highest BCUT2D eigenvalue weighted by molar-refractivity contribution is 8.15. The maximum atomic E-state index is 13.0. The van der Waals surface area contributed by atoms with Crippen molar-refractivity contribution < 1.29 is 14.0 Å². The van der Waals surface area contributed by atoms with Crippen LogP contribution in [0.15, 0.2) is 59.6 Å². The molecule has 0 bridgehead atoms. The van der Waals surface area contributed by atoms with Crippen LogP contribution in [0.2, 0.25) is 0 Å². The van der Waals surface area contributed by atoms with Gasteiger partial charge in [0.15, 0.2) is 5.17 Å². The van der Waals surface area contributed by atoms with E-state index >= 15 is 0 Å². The lowest BCUT2D eigenvalue weighted by Crippen LogP contribution is -2.45. The Hall–Kier alpha value is -2.67. The third kappa shape index (κ3) is 5.17. The molecule has 1 saturated heterocycles. The van der Waals surface area contributed by atoms with Gasteiger partial charge in [-0.2, -0.15) is 0 Å². The molecule has 1 aliphatic rings. The number of aliphatic imine (C=N–C) groups is 1. The SMILES string of the molecule is CN1C(=O)C[C@@H](C(=O)NCCc2ccccc2)SC1=Nc1ccc(F)cc1. The van der Waals surface area contributed by atoms with Gasteiger partial charge in [0.05, 0.1) is 10.9 Å². The standard InChI is InChI=1S/C20H20FN3O2S/c1-24-18(25)13-17(19(26)22-12-11-14-5-3-2-4-6-14)27-20(24)23-16-9-7-15(21)8-10-16/h2-10,17H,11-13H2,1H3,(H,22,26)/t17-/m0/s1. The number of amides is 2. The number of nitrogens with zero attached hydrogens (tertiary/aromatic N) is 2. The van der Waals surface area contributed by atoms with Gasteiger partial charge in [0.2, 0.25) is 11.8 Å². The van der Waals surface area contributed by atoms with Gasteiger partial charge in [-0.15, -0.1) is 0 Å². The normalized spacial score (nSPS) is 18.6. The second kappa shape index (κ2) is 8.81. The van der Waals surface area contributed by atoms with Crippen LogP contribution in [-0.2, 0) is 16.0 Å². The van der Waals surface area contributed by atoms with Crippen LogP contribution >= 0.6 is 11.8 Å². The molecule has 0 saturated carbocycles. The van der Waals surface area contributed by atoms with E-state index < -0.39 is 5.25 Å². The molecule has 1 N–H and O–H groups in total. The summed E-state index contributed by atoms with van der Waals surface area (Å²) >= 11 is 1.25. The van der Waals surface area contributed by atoms with Gasteiger partial charge in [-0.3, -0.25) is 14.5 Å². The Balaban J connectivity index is 1.62. The lowest BCUT2D eigenvalue weighted by Gasteiger charge is -2.28. The zero-order valence-electron chi connectivity index (χ0n) is 14.9. The maximum Gasteiger partial charge on any atom is 0.234 e. The number of carbonyl (C=O) groups excluding carboxylic acids is 2. The van der Waals surface area contributed by atoms with Gasteiger partial charge in [-0.25, -0.2) is 9.38 Å². The molecule has 5 nitrogen and oxygen atoms in total. The van der Waals surface area contributed by atoms with E-state index in [1.54, 1.807) is 7.05 Å². The van der Waals surface area contributed by atoms with Crippen molar-refractivity contribution in [2.75, 3.05) is 13.6 Å². The van der Waals surface area contributed by atoms with Crippen LogP contribution in [0.5, 0.6) is 0 Å². The molecule has 0 aromatic heterocycles. The number of nitrogens with one attached hydrogen (secondary N) is 1. The molecular formula is C20H20FN3O2S. The van der Waals surface area contributed by atoms with Crippen molar-refractivity contribution in [2.24, 2.45) is 4.99 Å². The van der Waals surface area contributed by atoms with Crippen molar-refractivity contribution in [3.8, 4) is 0 Å². The second-order valence-electron chi connectivity index (χ2n) is 6.16.